The van der Waals surface area contributed by atoms with Gasteiger partial charge in [0.25, 0.3) is 5.91 Å². The smallest absolute Gasteiger partial charge is 0.265 e. The molecule has 35 heavy (non-hydrogen) atoms. The number of hydrogen-bond donors (Lipinski definition) is 2. The number of halogens is 3. The number of aryl methyl sites for hydroxylation is 1. The molecule has 0 bridgehead atoms. The molecule has 0 fully saturated rings. The second-order valence-electron chi connectivity index (χ2n) is 7.58. The van der Waals surface area contributed by atoms with E-state index < -0.39 is 27.6 Å². The summed E-state index contributed by atoms with van der Waals surface area (Å²) in [5, 5.41) is 2.92. The molecule has 0 spiro atoms. The van der Waals surface area contributed by atoms with Crippen molar-refractivity contribution in [3.8, 4) is 22.4 Å². The molecule has 7 nitrogen and oxygen atoms in total. The van der Waals surface area contributed by atoms with Gasteiger partial charge in [0.05, 0.1) is 34.9 Å². The molecular formula is C23H17ClF2N4O3S2. The Morgan fingerprint density at radius 2 is 1.69 bits per heavy atom. The van der Waals surface area contributed by atoms with Gasteiger partial charge in [-0.15, -0.1) is 11.3 Å². The number of aromatic nitrogens is 2. The van der Waals surface area contributed by atoms with Crippen molar-refractivity contribution in [1.29, 1.82) is 0 Å². The lowest BCUT2D eigenvalue weighted by Gasteiger charge is -2.09. The third-order valence-corrected chi connectivity index (χ3v) is 6.60. The summed E-state index contributed by atoms with van der Waals surface area (Å²) < 4.78 is 53.1. The summed E-state index contributed by atoms with van der Waals surface area (Å²) >= 11 is 7.25. The summed E-state index contributed by atoms with van der Waals surface area (Å²) in [4.78, 5) is 22.0. The van der Waals surface area contributed by atoms with Crippen molar-refractivity contribution in [2.45, 2.75) is 6.92 Å². The molecule has 1 amide bonds. The summed E-state index contributed by atoms with van der Waals surface area (Å²) in [6.07, 6.45) is 4.49. The van der Waals surface area contributed by atoms with E-state index in [0.717, 1.165) is 23.5 Å². The number of pyridine rings is 2. The zero-order chi connectivity index (χ0) is 25.3. The summed E-state index contributed by atoms with van der Waals surface area (Å²) in [5.74, 6) is -1.64. The highest BCUT2D eigenvalue weighted by atomic mass is 35.5. The van der Waals surface area contributed by atoms with Crippen LogP contribution in [-0.4, -0.2) is 30.5 Å². The molecule has 180 valence electrons. The molecule has 0 radical (unpaired) electrons. The minimum absolute atomic E-state index is 0.196. The highest BCUT2D eigenvalue weighted by molar-refractivity contribution is 7.92. The molecule has 2 N–H and O–H groups in total. The van der Waals surface area contributed by atoms with Crippen molar-refractivity contribution in [2.24, 2.45) is 0 Å². The Morgan fingerprint density at radius 1 is 0.971 bits per heavy atom. The second kappa shape index (κ2) is 9.68. The maximum Gasteiger partial charge on any atom is 0.265 e. The lowest BCUT2D eigenvalue weighted by Crippen LogP contribution is -2.12. The molecule has 0 saturated carbocycles. The third-order valence-electron chi connectivity index (χ3n) is 4.73. The highest BCUT2D eigenvalue weighted by Gasteiger charge is 2.19. The first-order valence-electron chi connectivity index (χ1n) is 9.95. The van der Waals surface area contributed by atoms with Gasteiger partial charge in [0, 0.05) is 38.5 Å². The van der Waals surface area contributed by atoms with Crippen LogP contribution in [-0.2, 0) is 10.0 Å². The zero-order valence-corrected chi connectivity index (χ0v) is 20.7. The van der Waals surface area contributed by atoms with E-state index in [0.29, 0.717) is 27.3 Å². The van der Waals surface area contributed by atoms with Crippen molar-refractivity contribution in [3.05, 3.63) is 81.4 Å². The van der Waals surface area contributed by atoms with Gasteiger partial charge in [-0.1, -0.05) is 11.6 Å². The van der Waals surface area contributed by atoms with Gasteiger partial charge in [-0.3, -0.25) is 19.5 Å². The van der Waals surface area contributed by atoms with Crippen LogP contribution in [0.15, 0.2) is 55.0 Å². The van der Waals surface area contributed by atoms with E-state index in [1.807, 2.05) is 0 Å². The molecular weight excluding hydrogens is 518 g/mol. The van der Waals surface area contributed by atoms with Gasteiger partial charge in [0.1, 0.15) is 11.6 Å². The Hall–Kier alpha value is -3.41. The molecule has 0 aliphatic carbocycles. The molecule has 3 heterocycles. The van der Waals surface area contributed by atoms with E-state index in [1.54, 1.807) is 13.0 Å². The first kappa shape index (κ1) is 24.7. The number of carbonyl (C=O) groups is 1. The van der Waals surface area contributed by atoms with Gasteiger partial charge in [-0.05, 0) is 43.3 Å². The number of nitrogens with zero attached hydrogens (tertiary/aromatic N) is 2. The molecule has 3 aromatic heterocycles. The van der Waals surface area contributed by atoms with Crippen molar-refractivity contribution in [2.75, 3.05) is 16.3 Å². The number of sulfonamides is 1. The number of amides is 1. The fraction of sp³-hybridized carbons (Fsp3) is 0.0870. The van der Waals surface area contributed by atoms with Crippen LogP contribution in [0.3, 0.4) is 0 Å². The van der Waals surface area contributed by atoms with E-state index in [1.165, 1.54) is 47.9 Å². The Morgan fingerprint density at radius 3 is 2.40 bits per heavy atom. The molecule has 0 atom stereocenters. The van der Waals surface area contributed by atoms with Crippen molar-refractivity contribution >= 4 is 50.2 Å². The molecule has 0 saturated heterocycles. The van der Waals surface area contributed by atoms with Gasteiger partial charge in [0.15, 0.2) is 0 Å². The monoisotopic (exact) mass is 534 g/mol. The Labute approximate surface area is 208 Å². The average Bonchev–Trinajstić information content (AvgIpc) is 3.13. The van der Waals surface area contributed by atoms with E-state index >= 15 is 0 Å². The van der Waals surface area contributed by atoms with Crippen LogP contribution in [0.5, 0.6) is 0 Å². The molecule has 4 rings (SSSR count). The molecule has 0 unspecified atom stereocenters. The van der Waals surface area contributed by atoms with Gasteiger partial charge < -0.3 is 5.32 Å². The summed E-state index contributed by atoms with van der Waals surface area (Å²) in [6.45, 7) is 1.78. The topological polar surface area (TPSA) is 101 Å². The maximum absolute atomic E-state index is 14.0. The highest BCUT2D eigenvalue weighted by Crippen LogP contribution is 2.37. The molecule has 4 aromatic rings. The number of rotatable bonds is 6. The van der Waals surface area contributed by atoms with Crippen LogP contribution >= 0.6 is 22.9 Å². The lowest BCUT2D eigenvalue weighted by atomic mass is 10.0. The van der Waals surface area contributed by atoms with Gasteiger partial charge in [-0.25, -0.2) is 17.2 Å². The molecule has 12 heteroatoms. The number of thiophene rings is 1. The van der Waals surface area contributed by atoms with Crippen molar-refractivity contribution in [1.82, 2.24) is 9.97 Å². The minimum atomic E-state index is -3.54. The van der Waals surface area contributed by atoms with Gasteiger partial charge in [0.2, 0.25) is 10.0 Å². The van der Waals surface area contributed by atoms with Crippen molar-refractivity contribution < 1.29 is 22.0 Å². The van der Waals surface area contributed by atoms with Crippen molar-refractivity contribution in [3.63, 3.8) is 0 Å². The predicted molar refractivity (Wildman–Crippen MR) is 133 cm³/mol. The van der Waals surface area contributed by atoms with Crippen LogP contribution in [0.25, 0.3) is 22.4 Å². The van der Waals surface area contributed by atoms with Crippen LogP contribution in [0.1, 0.15) is 14.5 Å². The zero-order valence-electron chi connectivity index (χ0n) is 18.3. The number of benzene rings is 1. The Kier molecular flexibility index (Phi) is 6.84. The van der Waals surface area contributed by atoms with E-state index in [2.05, 4.69) is 20.0 Å². The molecule has 1 aromatic carbocycles. The fourth-order valence-corrected chi connectivity index (χ4v) is 5.09. The minimum Gasteiger partial charge on any atom is -0.321 e. The largest absolute Gasteiger partial charge is 0.321 e. The predicted octanol–water partition coefficient (Wildman–Crippen LogP) is 5.74. The summed E-state index contributed by atoms with van der Waals surface area (Å²) in [6, 6.07) is 8.38. The third kappa shape index (κ3) is 5.99. The van der Waals surface area contributed by atoms with Crippen LogP contribution in [0.2, 0.25) is 5.02 Å². The summed E-state index contributed by atoms with van der Waals surface area (Å²) in [7, 11) is -3.54. The lowest BCUT2D eigenvalue weighted by molar-refractivity contribution is 0.103. The standard InChI is InChI=1S/C23H17ClF2N4O3S2/c1-12-19(22-20(6-16(26)11-28-22)13-3-15(25)10-27-9-13)8-21(34-12)23(31)29-17-4-14(24)5-18(7-17)30-35(2,32)33/h3-11,30H,1-2H3,(H,29,31). The fourth-order valence-electron chi connectivity index (χ4n) is 3.39. The first-order chi connectivity index (χ1) is 16.5. The van der Waals surface area contributed by atoms with E-state index in [4.69, 9.17) is 11.6 Å². The Bertz CT molecular complexity index is 1560. The molecule has 0 aliphatic heterocycles. The van der Waals surface area contributed by atoms with E-state index in [9.17, 15) is 22.0 Å². The first-order valence-corrected chi connectivity index (χ1v) is 13.0. The summed E-state index contributed by atoms with van der Waals surface area (Å²) in [5.41, 5.74) is 2.10. The number of anilines is 2. The number of hydrogen-bond acceptors (Lipinski definition) is 6. The quantitative estimate of drug-likeness (QED) is 0.329. The Balaban J connectivity index is 1.67. The maximum atomic E-state index is 14.0. The average molecular weight is 535 g/mol. The van der Waals surface area contributed by atoms with Crippen LogP contribution < -0.4 is 10.0 Å². The number of carbonyl (C=O) groups excluding carboxylic acids is 1. The SMILES string of the molecule is Cc1sc(C(=O)Nc2cc(Cl)cc(NS(C)(=O)=O)c2)cc1-c1ncc(F)cc1-c1cncc(F)c1. The normalized spacial score (nSPS) is 11.3. The molecule has 0 aliphatic rings. The van der Waals surface area contributed by atoms with Crippen LogP contribution in [0, 0.1) is 18.6 Å². The second-order valence-corrected chi connectivity index (χ2v) is 11.0. The van der Waals surface area contributed by atoms with E-state index in [-0.39, 0.29) is 16.4 Å². The van der Waals surface area contributed by atoms with Crippen LogP contribution in [0.4, 0.5) is 20.2 Å². The number of nitrogens with one attached hydrogen (secondary N) is 2. The van der Waals surface area contributed by atoms with Gasteiger partial charge in [-0.2, -0.15) is 0 Å². The van der Waals surface area contributed by atoms with Gasteiger partial charge >= 0.3 is 0 Å².